The van der Waals surface area contributed by atoms with Crippen LogP contribution in [0, 0.1) is 0 Å². The number of oxime groups is 1. The smallest absolute Gasteiger partial charge is 0.245 e. The lowest BCUT2D eigenvalue weighted by molar-refractivity contribution is -0.0431. The summed E-state index contributed by atoms with van der Waals surface area (Å²) < 4.78 is 11.3. The van der Waals surface area contributed by atoms with E-state index in [4.69, 9.17) is 14.3 Å². The van der Waals surface area contributed by atoms with E-state index in [0.29, 0.717) is 17.0 Å². The van der Waals surface area contributed by atoms with Gasteiger partial charge in [-0.2, -0.15) is 0 Å². The number of methoxy groups -OCH3 is 1. The maximum atomic E-state index is 13.6. The number of ketones is 1. The van der Waals surface area contributed by atoms with Crippen LogP contribution in [0.3, 0.4) is 0 Å². The Kier molecular flexibility index (Phi) is 4.09. The van der Waals surface area contributed by atoms with Crippen molar-refractivity contribution in [3.63, 3.8) is 0 Å². The number of Topliss-reactive ketones (excluding diaryl/α,β-unsaturated/α-hetero) is 1. The first-order valence-corrected chi connectivity index (χ1v) is 9.45. The number of benzene rings is 3. The molecule has 1 spiro atoms. The van der Waals surface area contributed by atoms with Crippen molar-refractivity contribution in [2.75, 3.05) is 13.7 Å². The van der Waals surface area contributed by atoms with Crippen LogP contribution in [0.2, 0.25) is 0 Å². The Balaban J connectivity index is 1.65. The topological polar surface area (TPSA) is 57.1 Å². The average Bonchev–Trinajstić information content (AvgIpc) is 3.17. The number of carbonyl (C=O) groups excluding carboxylic acids is 1. The van der Waals surface area contributed by atoms with E-state index in [-0.39, 0.29) is 12.4 Å². The van der Waals surface area contributed by atoms with Crippen LogP contribution in [0.4, 0.5) is 0 Å². The van der Waals surface area contributed by atoms with Crippen molar-refractivity contribution in [1.29, 1.82) is 0 Å². The Morgan fingerprint density at radius 2 is 1.69 bits per heavy atom. The molecule has 5 nitrogen and oxygen atoms in total. The molecular weight excluding hydrogens is 366 g/mol. The molecule has 0 N–H and O–H groups in total. The lowest BCUT2D eigenvalue weighted by atomic mass is 9.73. The van der Waals surface area contributed by atoms with E-state index in [0.717, 1.165) is 16.9 Å². The summed E-state index contributed by atoms with van der Waals surface area (Å²) >= 11 is 0. The van der Waals surface area contributed by atoms with E-state index in [1.807, 2.05) is 66.7 Å². The van der Waals surface area contributed by atoms with Gasteiger partial charge in [0, 0.05) is 5.56 Å². The van der Waals surface area contributed by atoms with Gasteiger partial charge in [0.25, 0.3) is 0 Å². The zero-order chi connectivity index (χ0) is 19.8. The first-order chi connectivity index (χ1) is 14.2. The third-order valence-electron chi connectivity index (χ3n) is 5.52. The van der Waals surface area contributed by atoms with Crippen molar-refractivity contribution in [3.8, 4) is 11.5 Å². The van der Waals surface area contributed by atoms with Crippen molar-refractivity contribution >= 4 is 11.5 Å². The van der Waals surface area contributed by atoms with Crippen molar-refractivity contribution in [3.05, 3.63) is 95.6 Å². The first kappa shape index (κ1) is 17.5. The molecule has 2 aliphatic rings. The average molecular weight is 385 g/mol. The highest BCUT2D eigenvalue weighted by atomic mass is 16.7. The molecular formula is C24H19NO4. The Hall–Kier alpha value is -3.60. The third-order valence-corrected chi connectivity index (χ3v) is 5.52. The lowest BCUT2D eigenvalue weighted by Gasteiger charge is -2.35. The first-order valence-electron chi connectivity index (χ1n) is 9.45. The second kappa shape index (κ2) is 6.78. The van der Waals surface area contributed by atoms with Crippen LogP contribution in [0.5, 0.6) is 11.5 Å². The molecule has 0 amide bonds. The summed E-state index contributed by atoms with van der Waals surface area (Å²) in [6.07, 6.45) is 0. The zero-order valence-corrected chi connectivity index (χ0v) is 15.9. The Morgan fingerprint density at radius 3 is 2.45 bits per heavy atom. The standard InChI is InChI=1S/C24H19NO4/c1-27-18-13-11-16(12-14-18)21-22(17-7-3-2-4-8-17)25-29-24(21)15-28-20-10-6-5-9-19(20)23(24)26/h2-14,21H,15H2,1H3. The predicted octanol–water partition coefficient (Wildman–Crippen LogP) is 4.23. The Labute approximate surface area is 168 Å². The highest BCUT2D eigenvalue weighted by Gasteiger charge is 2.58. The van der Waals surface area contributed by atoms with Gasteiger partial charge in [0.2, 0.25) is 11.4 Å². The number of hydrogen-bond acceptors (Lipinski definition) is 5. The predicted molar refractivity (Wildman–Crippen MR) is 109 cm³/mol. The Bertz CT molecular complexity index is 1090. The largest absolute Gasteiger partial charge is 0.497 e. The number of rotatable bonds is 3. The second-order valence-corrected chi connectivity index (χ2v) is 7.14. The molecule has 5 rings (SSSR count). The van der Waals surface area contributed by atoms with Crippen LogP contribution in [-0.4, -0.2) is 30.8 Å². The molecule has 5 heteroatoms. The van der Waals surface area contributed by atoms with Gasteiger partial charge in [-0.3, -0.25) is 4.79 Å². The SMILES string of the molecule is COc1ccc(C2C(c3ccccc3)=NOC23COc2ccccc2C3=O)cc1. The fourth-order valence-electron chi connectivity index (χ4n) is 4.05. The van der Waals surface area contributed by atoms with Gasteiger partial charge in [0.05, 0.1) is 24.3 Å². The van der Waals surface area contributed by atoms with Gasteiger partial charge < -0.3 is 14.3 Å². The van der Waals surface area contributed by atoms with Crippen molar-refractivity contribution in [1.82, 2.24) is 0 Å². The van der Waals surface area contributed by atoms with Crippen LogP contribution >= 0.6 is 0 Å². The van der Waals surface area contributed by atoms with E-state index < -0.39 is 11.5 Å². The molecule has 0 saturated carbocycles. The molecule has 0 aliphatic carbocycles. The molecule has 3 aromatic rings. The van der Waals surface area contributed by atoms with Gasteiger partial charge in [-0.05, 0) is 29.8 Å². The van der Waals surface area contributed by atoms with Crippen molar-refractivity contribution in [2.45, 2.75) is 11.5 Å². The number of para-hydroxylation sites is 1. The van der Waals surface area contributed by atoms with Crippen molar-refractivity contribution in [2.24, 2.45) is 5.16 Å². The van der Waals surface area contributed by atoms with Gasteiger partial charge in [0.15, 0.2) is 0 Å². The number of hydrogen-bond donors (Lipinski definition) is 0. The molecule has 0 saturated heterocycles. The minimum atomic E-state index is -1.24. The minimum Gasteiger partial charge on any atom is -0.497 e. The van der Waals surface area contributed by atoms with Crippen LogP contribution < -0.4 is 9.47 Å². The molecule has 0 radical (unpaired) electrons. The van der Waals surface area contributed by atoms with Gasteiger partial charge >= 0.3 is 0 Å². The number of carbonyl (C=O) groups is 1. The molecule has 2 heterocycles. The summed E-state index contributed by atoms with van der Waals surface area (Å²) in [7, 11) is 1.63. The summed E-state index contributed by atoms with van der Waals surface area (Å²) in [5, 5.41) is 4.39. The monoisotopic (exact) mass is 385 g/mol. The fraction of sp³-hybridized carbons (Fsp3) is 0.167. The number of ether oxygens (including phenoxy) is 2. The molecule has 0 fully saturated rings. The van der Waals surface area contributed by atoms with E-state index >= 15 is 0 Å². The second-order valence-electron chi connectivity index (χ2n) is 7.14. The van der Waals surface area contributed by atoms with Gasteiger partial charge in [-0.15, -0.1) is 0 Å². The quantitative estimate of drug-likeness (QED) is 0.677. The molecule has 0 bridgehead atoms. The number of nitrogens with zero attached hydrogens (tertiary/aromatic N) is 1. The van der Waals surface area contributed by atoms with Crippen LogP contribution in [-0.2, 0) is 4.84 Å². The molecule has 29 heavy (non-hydrogen) atoms. The maximum absolute atomic E-state index is 13.6. The van der Waals surface area contributed by atoms with Crippen LogP contribution in [0.25, 0.3) is 0 Å². The summed E-state index contributed by atoms with van der Waals surface area (Å²) in [4.78, 5) is 19.5. The minimum absolute atomic E-state index is 0.0966. The van der Waals surface area contributed by atoms with Gasteiger partial charge in [0.1, 0.15) is 18.1 Å². The zero-order valence-electron chi connectivity index (χ0n) is 15.9. The highest BCUT2D eigenvalue weighted by Crippen LogP contribution is 2.46. The van der Waals surface area contributed by atoms with E-state index in [1.54, 1.807) is 19.2 Å². The molecule has 144 valence electrons. The van der Waals surface area contributed by atoms with E-state index in [1.165, 1.54) is 0 Å². The van der Waals surface area contributed by atoms with Crippen LogP contribution in [0.15, 0.2) is 84.0 Å². The Morgan fingerprint density at radius 1 is 0.966 bits per heavy atom. The summed E-state index contributed by atoms with van der Waals surface area (Å²) in [5.74, 6) is 0.802. The summed E-state index contributed by atoms with van der Waals surface area (Å²) in [5.41, 5.74) is 1.82. The van der Waals surface area contributed by atoms with Crippen LogP contribution in [0.1, 0.15) is 27.4 Å². The van der Waals surface area contributed by atoms with Gasteiger partial charge in [-0.1, -0.05) is 59.8 Å². The maximum Gasteiger partial charge on any atom is 0.245 e. The molecule has 2 atom stereocenters. The van der Waals surface area contributed by atoms with Crippen molar-refractivity contribution < 1.29 is 19.1 Å². The summed E-state index contributed by atoms with van der Waals surface area (Å²) in [6.45, 7) is 0.0966. The highest BCUT2D eigenvalue weighted by molar-refractivity contribution is 6.15. The lowest BCUT2D eigenvalue weighted by Crippen LogP contribution is -2.52. The van der Waals surface area contributed by atoms with E-state index in [9.17, 15) is 4.79 Å². The normalized spacial score (nSPS) is 22.4. The molecule has 2 aliphatic heterocycles. The number of fused-ring (bicyclic) bond motifs is 1. The summed E-state index contributed by atoms with van der Waals surface area (Å²) in [6, 6.07) is 24.7. The third kappa shape index (κ3) is 2.70. The fourth-order valence-corrected chi connectivity index (χ4v) is 4.05. The van der Waals surface area contributed by atoms with Gasteiger partial charge in [-0.25, -0.2) is 0 Å². The molecule has 3 aromatic carbocycles. The van der Waals surface area contributed by atoms with E-state index in [2.05, 4.69) is 5.16 Å². The molecule has 2 unspecified atom stereocenters. The molecule has 0 aromatic heterocycles.